The first-order valence-corrected chi connectivity index (χ1v) is 9.12. The SMILES string of the molecule is O=S(=O)(Cc1cscn1)NC1CCCCCCC1. The van der Waals surface area contributed by atoms with Gasteiger partial charge in [0.15, 0.2) is 0 Å². The molecule has 1 N–H and O–H groups in total. The monoisotopic (exact) mass is 288 g/mol. The second kappa shape index (κ2) is 6.63. The maximum Gasteiger partial charge on any atom is 0.217 e. The number of nitrogens with zero attached hydrogens (tertiary/aromatic N) is 1. The number of sulfonamides is 1. The first-order valence-electron chi connectivity index (χ1n) is 6.53. The van der Waals surface area contributed by atoms with E-state index in [-0.39, 0.29) is 11.8 Å². The van der Waals surface area contributed by atoms with E-state index in [4.69, 9.17) is 0 Å². The fourth-order valence-electron chi connectivity index (χ4n) is 2.37. The van der Waals surface area contributed by atoms with Crippen molar-refractivity contribution in [3.05, 3.63) is 16.6 Å². The molecule has 0 aliphatic heterocycles. The van der Waals surface area contributed by atoms with Gasteiger partial charge in [-0.2, -0.15) is 0 Å². The quantitative estimate of drug-likeness (QED) is 0.926. The Balaban J connectivity index is 1.89. The first-order chi connectivity index (χ1) is 8.66. The van der Waals surface area contributed by atoms with Crippen LogP contribution in [0.4, 0.5) is 0 Å². The number of hydrogen-bond donors (Lipinski definition) is 1. The van der Waals surface area contributed by atoms with Crippen molar-refractivity contribution in [3.63, 3.8) is 0 Å². The molecule has 102 valence electrons. The summed E-state index contributed by atoms with van der Waals surface area (Å²) in [6.07, 6.45) is 7.94. The summed E-state index contributed by atoms with van der Waals surface area (Å²) in [6.45, 7) is 0. The molecule has 1 aromatic heterocycles. The molecule has 0 radical (unpaired) electrons. The number of nitrogens with one attached hydrogen (secondary N) is 1. The third-order valence-electron chi connectivity index (χ3n) is 3.27. The summed E-state index contributed by atoms with van der Waals surface area (Å²) in [5, 5.41) is 1.79. The Morgan fingerprint density at radius 3 is 2.50 bits per heavy atom. The second-order valence-corrected chi connectivity index (χ2v) is 7.37. The summed E-state index contributed by atoms with van der Waals surface area (Å²) in [5.74, 6) is 0.00694. The normalized spacial score (nSPS) is 19.3. The zero-order chi connectivity index (χ0) is 12.8. The van der Waals surface area contributed by atoms with E-state index in [0.29, 0.717) is 5.69 Å². The largest absolute Gasteiger partial charge is 0.249 e. The number of thiazole rings is 1. The van der Waals surface area contributed by atoms with Gasteiger partial charge in [-0.3, -0.25) is 0 Å². The molecule has 1 aliphatic carbocycles. The number of rotatable bonds is 4. The predicted octanol–water partition coefficient (Wildman–Crippen LogP) is 2.68. The Kier molecular flexibility index (Phi) is 5.14. The zero-order valence-corrected chi connectivity index (χ0v) is 12.1. The van der Waals surface area contributed by atoms with Crippen molar-refractivity contribution in [3.8, 4) is 0 Å². The van der Waals surface area contributed by atoms with E-state index >= 15 is 0 Å². The van der Waals surface area contributed by atoms with Gasteiger partial charge in [0, 0.05) is 11.4 Å². The van der Waals surface area contributed by atoms with E-state index in [2.05, 4.69) is 9.71 Å². The molecule has 0 unspecified atom stereocenters. The molecule has 0 amide bonds. The van der Waals surface area contributed by atoms with E-state index in [0.717, 1.165) is 25.7 Å². The van der Waals surface area contributed by atoms with Gasteiger partial charge >= 0.3 is 0 Å². The van der Waals surface area contributed by atoms with Gasteiger partial charge in [0.05, 0.1) is 11.2 Å². The van der Waals surface area contributed by atoms with Crippen LogP contribution in [-0.4, -0.2) is 19.4 Å². The average Bonchev–Trinajstić information content (AvgIpc) is 2.73. The van der Waals surface area contributed by atoms with Crippen LogP contribution in [0.1, 0.15) is 50.6 Å². The van der Waals surface area contributed by atoms with E-state index in [1.54, 1.807) is 10.9 Å². The van der Waals surface area contributed by atoms with Crippen LogP contribution in [0.3, 0.4) is 0 Å². The van der Waals surface area contributed by atoms with Gasteiger partial charge < -0.3 is 0 Å². The van der Waals surface area contributed by atoms with Crippen molar-refractivity contribution < 1.29 is 8.42 Å². The molecule has 6 heteroatoms. The van der Waals surface area contributed by atoms with Crippen molar-refractivity contribution in [1.82, 2.24) is 9.71 Å². The van der Waals surface area contributed by atoms with Crippen molar-refractivity contribution in [1.29, 1.82) is 0 Å². The summed E-state index contributed by atoms with van der Waals surface area (Å²) in [7, 11) is -3.24. The van der Waals surface area contributed by atoms with Gasteiger partial charge in [0.25, 0.3) is 0 Å². The van der Waals surface area contributed by atoms with Crippen LogP contribution >= 0.6 is 11.3 Å². The maximum absolute atomic E-state index is 12.0. The fraction of sp³-hybridized carbons (Fsp3) is 0.750. The van der Waals surface area contributed by atoms with Crippen LogP contribution in [-0.2, 0) is 15.8 Å². The van der Waals surface area contributed by atoms with Crippen LogP contribution in [0.25, 0.3) is 0 Å². The highest BCUT2D eigenvalue weighted by atomic mass is 32.2. The van der Waals surface area contributed by atoms with E-state index in [1.807, 2.05) is 0 Å². The lowest BCUT2D eigenvalue weighted by Crippen LogP contribution is -2.36. The topological polar surface area (TPSA) is 59.1 Å². The molecule has 0 aromatic carbocycles. The molecule has 0 spiro atoms. The Morgan fingerprint density at radius 2 is 1.89 bits per heavy atom. The molecular weight excluding hydrogens is 268 g/mol. The summed E-state index contributed by atoms with van der Waals surface area (Å²) in [5.41, 5.74) is 2.30. The van der Waals surface area contributed by atoms with Crippen molar-refractivity contribution in [2.45, 2.75) is 56.7 Å². The van der Waals surface area contributed by atoms with Crippen LogP contribution < -0.4 is 4.72 Å². The first kappa shape index (κ1) is 14.0. The molecule has 1 aromatic rings. The molecular formula is C12H20N2O2S2. The van der Waals surface area contributed by atoms with E-state index in [9.17, 15) is 8.42 Å². The number of aromatic nitrogens is 1. The summed E-state index contributed by atoms with van der Waals surface area (Å²) in [6, 6.07) is 0.119. The minimum atomic E-state index is -3.24. The molecule has 0 saturated heterocycles. The molecule has 2 rings (SSSR count). The molecule has 0 bridgehead atoms. The minimum Gasteiger partial charge on any atom is -0.249 e. The van der Waals surface area contributed by atoms with E-state index < -0.39 is 10.0 Å². The zero-order valence-electron chi connectivity index (χ0n) is 10.5. The Hall–Kier alpha value is -0.460. The number of hydrogen-bond acceptors (Lipinski definition) is 4. The standard InChI is InChI=1S/C12H20N2O2S2/c15-18(16,9-12-8-17-10-13-12)14-11-6-4-2-1-3-5-7-11/h8,10-11,14H,1-7,9H2. The molecule has 1 heterocycles. The third-order valence-corrected chi connectivity index (χ3v) is 5.28. The lowest BCUT2D eigenvalue weighted by Gasteiger charge is -2.20. The lowest BCUT2D eigenvalue weighted by atomic mass is 9.97. The molecule has 4 nitrogen and oxygen atoms in total. The Labute approximate surface area is 113 Å². The van der Waals surface area contributed by atoms with Crippen LogP contribution in [0.5, 0.6) is 0 Å². The fourth-order valence-corrected chi connectivity index (χ4v) is 4.41. The molecule has 1 fully saturated rings. The van der Waals surface area contributed by atoms with Gasteiger partial charge in [-0.25, -0.2) is 18.1 Å². The summed E-state index contributed by atoms with van der Waals surface area (Å²) >= 11 is 1.43. The highest BCUT2D eigenvalue weighted by molar-refractivity contribution is 7.88. The Bertz CT molecular complexity index is 435. The van der Waals surface area contributed by atoms with Crippen LogP contribution in [0, 0.1) is 0 Å². The van der Waals surface area contributed by atoms with Crippen LogP contribution in [0.15, 0.2) is 10.9 Å². The summed E-state index contributed by atoms with van der Waals surface area (Å²) in [4.78, 5) is 4.03. The van der Waals surface area contributed by atoms with Gasteiger partial charge in [-0.05, 0) is 12.8 Å². The lowest BCUT2D eigenvalue weighted by molar-refractivity contribution is 0.426. The average molecular weight is 288 g/mol. The highest BCUT2D eigenvalue weighted by Gasteiger charge is 2.19. The maximum atomic E-state index is 12.0. The molecule has 0 atom stereocenters. The Morgan fingerprint density at radius 1 is 1.22 bits per heavy atom. The molecule has 1 aliphatic rings. The van der Waals surface area contributed by atoms with Crippen molar-refractivity contribution in [2.24, 2.45) is 0 Å². The minimum absolute atomic E-state index is 0.00694. The smallest absolute Gasteiger partial charge is 0.217 e. The summed E-state index contributed by atoms with van der Waals surface area (Å²) < 4.78 is 26.9. The van der Waals surface area contributed by atoms with Crippen molar-refractivity contribution in [2.75, 3.05) is 0 Å². The van der Waals surface area contributed by atoms with Crippen molar-refractivity contribution >= 4 is 21.4 Å². The molecule has 1 saturated carbocycles. The third kappa shape index (κ3) is 4.66. The van der Waals surface area contributed by atoms with Gasteiger partial charge in [-0.15, -0.1) is 11.3 Å². The second-order valence-electron chi connectivity index (χ2n) is 4.90. The van der Waals surface area contributed by atoms with Gasteiger partial charge in [0.2, 0.25) is 10.0 Å². The van der Waals surface area contributed by atoms with Gasteiger partial charge in [0.1, 0.15) is 5.75 Å². The van der Waals surface area contributed by atoms with Gasteiger partial charge in [-0.1, -0.05) is 32.1 Å². The predicted molar refractivity (Wildman–Crippen MR) is 74.0 cm³/mol. The van der Waals surface area contributed by atoms with E-state index in [1.165, 1.54) is 30.6 Å². The highest BCUT2D eigenvalue weighted by Crippen LogP contribution is 2.18. The molecule has 18 heavy (non-hydrogen) atoms. The van der Waals surface area contributed by atoms with Crippen LogP contribution in [0.2, 0.25) is 0 Å².